The summed E-state index contributed by atoms with van der Waals surface area (Å²) < 4.78 is 32.0. The maximum atomic E-state index is 12.8. The Bertz CT molecular complexity index is 784. The zero-order valence-corrected chi connectivity index (χ0v) is 15.7. The van der Waals surface area contributed by atoms with Crippen LogP contribution in [0.1, 0.15) is 42.1 Å². The fourth-order valence-electron chi connectivity index (χ4n) is 2.99. The highest BCUT2D eigenvalue weighted by molar-refractivity contribution is 7.89. The fraction of sp³-hybridized carbons (Fsp3) is 0.529. The number of carboxylic acids is 1. The number of amides is 1. The van der Waals surface area contributed by atoms with Crippen LogP contribution < -0.4 is 10.0 Å². The Kier molecular flexibility index (Phi) is 6.38. The van der Waals surface area contributed by atoms with Gasteiger partial charge in [-0.3, -0.25) is 9.59 Å². The van der Waals surface area contributed by atoms with Crippen LogP contribution in [0.2, 0.25) is 0 Å². The molecule has 0 bridgehead atoms. The van der Waals surface area contributed by atoms with Crippen molar-refractivity contribution < 1.29 is 27.9 Å². The Balaban J connectivity index is 2.31. The minimum Gasteiger partial charge on any atom is -0.481 e. The molecule has 1 aliphatic heterocycles. The Morgan fingerprint density at radius 2 is 1.92 bits per heavy atom. The van der Waals surface area contributed by atoms with Crippen molar-refractivity contribution in [2.75, 3.05) is 19.8 Å². The number of sulfonamides is 1. The molecule has 1 aromatic rings. The van der Waals surface area contributed by atoms with Crippen molar-refractivity contribution >= 4 is 21.9 Å². The Morgan fingerprint density at radius 1 is 1.27 bits per heavy atom. The molecule has 0 atom stereocenters. The second kappa shape index (κ2) is 8.15. The third-order valence-electron chi connectivity index (χ3n) is 4.42. The molecule has 0 aliphatic carbocycles. The molecular weight excluding hydrogens is 360 g/mol. The van der Waals surface area contributed by atoms with E-state index in [4.69, 9.17) is 4.74 Å². The zero-order chi connectivity index (χ0) is 19.4. The lowest BCUT2D eigenvalue weighted by Gasteiger charge is -2.37. The minimum absolute atomic E-state index is 0.00522. The molecule has 0 saturated carbocycles. The summed E-state index contributed by atoms with van der Waals surface area (Å²) in [4.78, 5) is 24.0. The molecule has 3 N–H and O–H groups in total. The third kappa shape index (κ3) is 4.80. The molecule has 144 valence electrons. The maximum absolute atomic E-state index is 12.8. The number of ether oxygens (including phenoxy) is 1. The van der Waals surface area contributed by atoms with Crippen LogP contribution in [0.5, 0.6) is 0 Å². The van der Waals surface area contributed by atoms with Gasteiger partial charge >= 0.3 is 5.97 Å². The monoisotopic (exact) mass is 384 g/mol. The van der Waals surface area contributed by atoms with Crippen molar-refractivity contribution in [3.8, 4) is 0 Å². The van der Waals surface area contributed by atoms with E-state index in [2.05, 4.69) is 10.0 Å². The molecule has 26 heavy (non-hydrogen) atoms. The van der Waals surface area contributed by atoms with Gasteiger partial charge in [-0.05, 0) is 37.5 Å². The van der Waals surface area contributed by atoms with Gasteiger partial charge in [-0.2, -0.15) is 0 Å². The van der Waals surface area contributed by atoms with Crippen LogP contribution in [0.15, 0.2) is 23.1 Å². The molecule has 0 aromatic heterocycles. The van der Waals surface area contributed by atoms with Crippen LogP contribution in [0.3, 0.4) is 0 Å². The summed E-state index contributed by atoms with van der Waals surface area (Å²) in [5, 5.41) is 12.0. The van der Waals surface area contributed by atoms with E-state index >= 15 is 0 Å². The smallest absolute Gasteiger partial charge is 0.305 e. The van der Waals surface area contributed by atoms with Gasteiger partial charge in [-0.15, -0.1) is 0 Å². The molecule has 8 nitrogen and oxygen atoms in total. The average molecular weight is 384 g/mol. The normalized spacial score (nSPS) is 16.8. The summed E-state index contributed by atoms with van der Waals surface area (Å²) in [5.41, 5.74) is -0.0832. The van der Waals surface area contributed by atoms with Crippen LogP contribution in [-0.4, -0.2) is 50.7 Å². The highest BCUT2D eigenvalue weighted by atomic mass is 32.2. The third-order valence-corrected chi connectivity index (χ3v) is 5.96. The van der Waals surface area contributed by atoms with Crippen LogP contribution in [0.4, 0.5) is 0 Å². The molecule has 1 aliphatic rings. The first-order chi connectivity index (χ1) is 12.2. The molecular formula is C17H24N2O6S. The summed E-state index contributed by atoms with van der Waals surface area (Å²) in [6.45, 7) is 4.33. The second-order valence-electron chi connectivity index (χ2n) is 6.40. The van der Waals surface area contributed by atoms with Gasteiger partial charge in [0.1, 0.15) is 0 Å². The first kappa shape index (κ1) is 20.3. The van der Waals surface area contributed by atoms with Crippen LogP contribution >= 0.6 is 0 Å². The quantitative estimate of drug-likeness (QED) is 0.646. The predicted octanol–water partition coefficient (Wildman–Crippen LogP) is 1.05. The first-order valence-electron chi connectivity index (χ1n) is 8.41. The van der Waals surface area contributed by atoms with Gasteiger partial charge in [0, 0.05) is 25.3 Å². The number of hydrogen-bond donors (Lipinski definition) is 3. The van der Waals surface area contributed by atoms with Gasteiger partial charge < -0.3 is 15.2 Å². The Labute approximate surface area is 153 Å². The number of aliphatic carboxylic acids is 1. The van der Waals surface area contributed by atoms with E-state index in [1.54, 1.807) is 19.9 Å². The number of carboxylic acid groups (broad SMARTS) is 1. The Hall–Kier alpha value is -1.97. The van der Waals surface area contributed by atoms with E-state index in [1.165, 1.54) is 12.1 Å². The van der Waals surface area contributed by atoms with Crippen molar-refractivity contribution in [3.05, 3.63) is 29.3 Å². The number of rotatable bonds is 7. The number of hydrogen-bond acceptors (Lipinski definition) is 5. The summed E-state index contributed by atoms with van der Waals surface area (Å²) >= 11 is 0. The number of aryl methyl sites for hydroxylation is 1. The molecule has 0 spiro atoms. The van der Waals surface area contributed by atoms with Crippen molar-refractivity contribution in [2.24, 2.45) is 0 Å². The summed E-state index contributed by atoms with van der Waals surface area (Å²) in [6.07, 6.45) is 0.565. The van der Waals surface area contributed by atoms with Gasteiger partial charge in [0.25, 0.3) is 5.91 Å². The lowest BCUT2D eigenvalue weighted by atomic mass is 9.86. The Morgan fingerprint density at radius 3 is 2.50 bits per heavy atom. The first-order valence-corrected chi connectivity index (χ1v) is 9.90. The molecule has 1 heterocycles. The van der Waals surface area contributed by atoms with Crippen molar-refractivity contribution in [1.82, 2.24) is 10.0 Å². The number of carbonyl (C=O) groups is 2. The highest BCUT2D eigenvalue weighted by Gasteiger charge is 2.37. The molecule has 2 rings (SSSR count). The van der Waals surface area contributed by atoms with Crippen LogP contribution in [0.25, 0.3) is 0 Å². The van der Waals surface area contributed by atoms with Crippen LogP contribution in [-0.2, 0) is 19.6 Å². The lowest BCUT2D eigenvalue weighted by Crippen LogP contribution is -2.53. The topological polar surface area (TPSA) is 122 Å². The van der Waals surface area contributed by atoms with Gasteiger partial charge in [0.15, 0.2) is 0 Å². The van der Waals surface area contributed by atoms with Crippen molar-refractivity contribution in [1.29, 1.82) is 0 Å². The minimum atomic E-state index is -3.69. The summed E-state index contributed by atoms with van der Waals surface area (Å²) in [5.74, 6) is -1.49. The van der Waals surface area contributed by atoms with E-state index in [-0.39, 0.29) is 23.4 Å². The number of benzene rings is 1. The maximum Gasteiger partial charge on any atom is 0.305 e. The van der Waals surface area contributed by atoms with E-state index < -0.39 is 27.4 Å². The summed E-state index contributed by atoms with van der Waals surface area (Å²) in [6, 6.07) is 4.31. The van der Waals surface area contributed by atoms with Crippen LogP contribution in [0, 0.1) is 6.92 Å². The predicted molar refractivity (Wildman–Crippen MR) is 94.5 cm³/mol. The van der Waals surface area contributed by atoms with E-state index in [1.807, 2.05) is 0 Å². The van der Waals surface area contributed by atoms with Crippen molar-refractivity contribution in [2.45, 2.75) is 43.5 Å². The lowest BCUT2D eigenvalue weighted by molar-refractivity contribution is -0.139. The van der Waals surface area contributed by atoms with Gasteiger partial charge in [0.2, 0.25) is 10.0 Å². The SMILES string of the molecule is CCNS(=O)(=O)c1ccc(C)c(C(=O)NC2(CC(=O)O)CCOCC2)c1. The van der Waals surface area contributed by atoms with E-state index in [0.29, 0.717) is 31.6 Å². The zero-order valence-electron chi connectivity index (χ0n) is 14.9. The number of carbonyl (C=O) groups excluding carboxylic acids is 1. The van der Waals surface area contributed by atoms with E-state index in [9.17, 15) is 23.1 Å². The highest BCUT2D eigenvalue weighted by Crippen LogP contribution is 2.26. The molecule has 1 fully saturated rings. The van der Waals surface area contributed by atoms with E-state index in [0.717, 1.165) is 0 Å². The van der Waals surface area contributed by atoms with Crippen molar-refractivity contribution in [3.63, 3.8) is 0 Å². The van der Waals surface area contributed by atoms with Gasteiger partial charge in [-0.1, -0.05) is 13.0 Å². The summed E-state index contributed by atoms with van der Waals surface area (Å²) in [7, 11) is -3.69. The molecule has 9 heteroatoms. The number of nitrogens with one attached hydrogen (secondary N) is 2. The molecule has 1 aromatic carbocycles. The molecule has 0 radical (unpaired) electrons. The van der Waals surface area contributed by atoms with Gasteiger partial charge in [0.05, 0.1) is 16.9 Å². The fourth-order valence-corrected chi connectivity index (χ4v) is 4.06. The standard InChI is InChI=1S/C17H24N2O6S/c1-3-18-26(23,24)13-5-4-12(2)14(10-13)16(22)19-17(11-15(20)21)6-8-25-9-7-17/h4-5,10,18H,3,6-9,11H2,1-2H3,(H,19,22)(H,20,21). The molecule has 0 unspecified atom stereocenters. The largest absolute Gasteiger partial charge is 0.481 e. The average Bonchev–Trinajstić information content (AvgIpc) is 2.54. The molecule has 1 saturated heterocycles. The second-order valence-corrected chi connectivity index (χ2v) is 8.16. The van der Waals surface area contributed by atoms with Gasteiger partial charge in [-0.25, -0.2) is 13.1 Å². The molecule has 1 amide bonds.